The minimum absolute atomic E-state index is 0.700. The summed E-state index contributed by atoms with van der Waals surface area (Å²) in [6.07, 6.45) is 0. The van der Waals surface area contributed by atoms with Gasteiger partial charge in [-0.1, -0.05) is 46.6 Å². The monoisotopic (exact) mass is 321 g/mol. The van der Waals surface area contributed by atoms with Crippen LogP contribution in [0.25, 0.3) is 10.9 Å². The number of aryl methyl sites for hydroxylation is 2. The van der Waals surface area contributed by atoms with E-state index in [0.29, 0.717) is 5.02 Å². The zero-order chi connectivity index (χ0) is 14.3. The van der Waals surface area contributed by atoms with Crippen LogP contribution in [0.3, 0.4) is 0 Å². The molecule has 0 saturated heterocycles. The van der Waals surface area contributed by atoms with Gasteiger partial charge in [0.05, 0.1) is 5.02 Å². The number of nitrogens with one attached hydrogen (secondary N) is 1. The van der Waals surface area contributed by atoms with E-state index in [1.165, 1.54) is 15.8 Å². The van der Waals surface area contributed by atoms with Crippen LogP contribution >= 0.6 is 35.0 Å². The third-order valence-electron chi connectivity index (χ3n) is 3.19. The molecular formula is C16H13Cl2NS. The van der Waals surface area contributed by atoms with Crippen LogP contribution in [-0.2, 0) is 0 Å². The van der Waals surface area contributed by atoms with E-state index in [0.717, 1.165) is 21.1 Å². The van der Waals surface area contributed by atoms with Gasteiger partial charge in [-0.3, -0.25) is 0 Å². The van der Waals surface area contributed by atoms with Gasteiger partial charge in [0.2, 0.25) is 0 Å². The quantitative estimate of drug-likeness (QED) is 0.590. The van der Waals surface area contributed by atoms with Crippen molar-refractivity contribution >= 4 is 45.9 Å². The number of benzene rings is 2. The van der Waals surface area contributed by atoms with Crippen molar-refractivity contribution in [2.45, 2.75) is 23.6 Å². The molecule has 1 heterocycles. The first-order chi connectivity index (χ1) is 9.54. The molecule has 3 aromatic rings. The van der Waals surface area contributed by atoms with Crippen LogP contribution in [-0.4, -0.2) is 4.98 Å². The largest absolute Gasteiger partial charge is 0.358 e. The molecule has 0 saturated carbocycles. The van der Waals surface area contributed by atoms with Gasteiger partial charge in [0.15, 0.2) is 0 Å². The summed E-state index contributed by atoms with van der Waals surface area (Å²) in [5, 5.41) is 2.65. The topological polar surface area (TPSA) is 15.8 Å². The first-order valence-electron chi connectivity index (χ1n) is 6.26. The molecule has 0 radical (unpaired) electrons. The van der Waals surface area contributed by atoms with Crippen molar-refractivity contribution in [2.24, 2.45) is 0 Å². The standard InChI is InChI=1S/C16H13Cl2NS/c1-9-3-6-14-12(7-9)16(10(2)19-14)20-15-8-11(17)4-5-13(15)18/h3-8,19H,1-2H3. The summed E-state index contributed by atoms with van der Waals surface area (Å²) in [7, 11) is 0. The smallest absolute Gasteiger partial charge is 0.0546 e. The maximum Gasteiger partial charge on any atom is 0.0546 e. The molecule has 1 N–H and O–H groups in total. The summed E-state index contributed by atoms with van der Waals surface area (Å²) in [6, 6.07) is 12.0. The fourth-order valence-electron chi connectivity index (χ4n) is 2.21. The molecule has 1 aromatic heterocycles. The Balaban J connectivity index is 2.12. The lowest BCUT2D eigenvalue weighted by molar-refractivity contribution is 1.23. The van der Waals surface area contributed by atoms with Crippen molar-refractivity contribution in [3.05, 3.63) is 57.7 Å². The molecule has 0 unspecified atom stereocenters. The van der Waals surface area contributed by atoms with Crippen LogP contribution in [0.4, 0.5) is 0 Å². The van der Waals surface area contributed by atoms with Crippen LogP contribution in [0.5, 0.6) is 0 Å². The van der Waals surface area contributed by atoms with E-state index in [9.17, 15) is 0 Å². The van der Waals surface area contributed by atoms with Crippen molar-refractivity contribution in [1.82, 2.24) is 4.98 Å². The number of hydrogen-bond acceptors (Lipinski definition) is 1. The minimum Gasteiger partial charge on any atom is -0.358 e. The van der Waals surface area contributed by atoms with E-state index >= 15 is 0 Å². The minimum atomic E-state index is 0.700. The second-order valence-corrected chi connectivity index (χ2v) is 6.70. The van der Waals surface area contributed by atoms with Crippen LogP contribution in [0.15, 0.2) is 46.2 Å². The number of aromatic amines is 1. The van der Waals surface area contributed by atoms with Gasteiger partial charge >= 0.3 is 0 Å². The van der Waals surface area contributed by atoms with Gasteiger partial charge in [-0.05, 0) is 44.2 Å². The number of aromatic nitrogens is 1. The van der Waals surface area contributed by atoms with E-state index in [4.69, 9.17) is 23.2 Å². The molecule has 0 aliphatic rings. The molecule has 1 nitrogen and oxygen atoms in total. The Labute approximate surface area is 132 Å². The summed E-state index contributed by atoms with van der Waals surface area (Å²) in [4.78, 5) is 5.59. The maximum atomic E-state index is 6.26. The van der Waals surface area contributed by atoms with E-state index < -0.39 is 0 Å². The van der Waals surface area contributed by atoms with Crippen molar-refractivity contribution in [3.63, 3.8) is 0 Å². The summed E-state index contributed by atoms with van der Waals surface area (Å²) < 4.78 is 0. The van der Waals surface area contributed by atoms with Crippen LogP contribution in [0.1, 0.15) is 11.3 Å². The Morgan fingerprint density at radius 3 is 2.60 bits per heavy atom. The molecule has 0 spiro atoms. The molecule has 0 atom stereocenters. The Hall–Kier alpha value is -1.09. The average molecular weight is 322 g/mol. The lowest BCUT2D eigenvalue weighted by atomic mass is 10.2. The number of fused-ring (bicyclic) bond motifs is 1. The Morgan fingerprint density at radius 1 is 1.00 bits per heavy atom. The zero-order valence-corrected chi connectivity index (χ0v) is 13.5. The van der Waals surface area contributed by atoms with Crippen molar-refractivity contribution in [3.8, 4) is 0 Å². The van der Waals surface area contributed by atoms with Crippen molar-refractivity contribution in [1.29, 1.82) is 0 Å². The van der Waals surface area contributed by atoms with Crippen LogP contribution in [0.2, 0.25) is 10.0 Å². The van der Waals surface area contributed by atoms with E-state index in [1.54, 1.807) is 17.8 Å². The average Bonchev–Trinajstić information content (AvgIpc) is 2.70. The Bertz CT molecular complexity index is 793. The molecule has 2 aromatic carbocycles. The highest BCUT2D eigenvalue weighted by atomic mass is 35.5. The summed E-state index contributed by atoms with van der Waals surface area (Å²) in [5.41, 5.74) is 3.54. The van der Waals surface area contributed by atoms with Gasteiger partial charge in [0.1, 0.15) is 0 Å². The molecule has 4 heteroatoms. The summed E-state index contributed by atoms with van der Waals surface area (Å²) in [6.45, 7) is 4.18. The predicted molar refractivity (Wildman–Crippen MR) is 88.4 cm³/mol. The van der Waals surface area contributed by atoms with E-state index in [2.05, 4.69) is 37.0 Å². The third-order valence-corrected chi connectivity index (χ3v) is 5.15. The molecule has 0 aliphatic heterocycles. The van der Waals surface area contributed by atoms with Gasteiger partial charge in [0.25, 0.3) is 0 Å². The summed E-state index contributed by atoms with van der Waals surface area (Å²) >= 11 is 14.0. The van der Waals surface area contributed by atoms with E-state index in [1.807, 2.05) is 12.1 Å². The van der Waals surface area contributed by atoms with E-state index in [-0.39, 0.29) is 0 Å². The van der Waals surface area contributed by atoms with Gasteiger partial charge in [-0.15, -0.1) is 0 Å². The highest BCUT2D eigenvalue weighted by molar-refractivity contribution is 7.99. The van der Waals surface area contributed by atoms with Gasteiger partial charge in [-0.2, -0.15) is 0 Å². The highest BCUT2D eigenvalue weighted by Gasteiger charge is 2.12. The first-order valence-corrected chi connectivity index (χ1v) is 7.83. The third kappa shape index (κ3) is 2.56. The second kappa shape index (κ2) is 5.36. The van der Waals surface area contributed by atoms with Crippen molar-refractivity contribution < 1.29 is 0 Å². The van der Waals surface area contributed by atoms with Crippen LogP contribution < -0.4 is 0 Å². The predicted octanol–water partition coefficient (Wildman–Crippen LogP) is 6.24. The number of H-pyrrole nitrogens is 1. The van der Waals surface area contributed by atoms with Crippen LogP contribution in [0, 0.1) is 13.8 Å². The zero-order valence-electron chi connectivity index (χ0n) is 11.1. The number of hydrogen-bond donors (Lipinski definition) is 1. The Morgan fingerprint density at radius 2 is 1.80 bits per heavy atom. The first kappa shape index (κ1) is 13.9. The Kier molecular flexibility index (Phi) is 3.72. The SMILES string of the molecule is Cc1ccc2[nH]c(C)c(Sc3cc(Cl)ccc3Cl)c2c1. The molecule has 3 rings (SSSR count). The lowest BCUT2D eigenvalue weighted by Crippen LogP contribution is -1.78. The molecule has 0 amide bonds. The number of halogens is 2. The fraction of sp³-hybridized carbons (Fsp3) is 0.125. The van der Waals surface area contributed by atoms with Gasteiger partial charge < -0.3 is 4.98 Å². The fourth-order valence-corrected chi connectivity index (χ4v) is 3.74. The molecular weight excluding hydrogens is 309 g/mol. The maximum absolute atomic E-state index is 6.26. The normalized spacial score (nSPS) is 11.2. The molecule has 20 heavy (non-hydrogen) atoms. The molecule has 0 fully saturated rings. The van der Waals surface area contributed by atoms with Gasteiger partial charge in [0, 0.05) is 31.4 Å². The number of rotatable bonds is 2. The van der Waals surface area contributed by atoms with Gasteiger partial charge in [-0.25, -0.2) is 0 Å². The lowest BCUT2D eigenvalue weighted by Gasteiger charge is -2.05. The second-order valence-electron chi connectivity index (χ2n) is 4.80. The summed E-state index contributed by atoms with van der Waals surface area (Å²) in [5.74, 6) is 0. The molecule has 0 aliphatic carbocycles. The highest BCUT2D eigenvalue weighted by Crippen LogP contribution is 2.40. The van der Waals surface area contributed by atoms with Crippen molar-refractivity contribution in [2.75, 3.05) is 0 Å². The molecule has 0 bridgehead atoms. The molecule has 102 valence electrons.